The highest BCUT2D eigenvalue weighted by atomic mass is 16.5. The maximum Gasteiger partial charge on any atom is 0.338 e. The molecule has 1 aromatic carbocycles. The van der Waals surface area contributed by atoms with Crippen LogP contribution in [0.2, 0.25) is 0 Å². The van der Waals surface area contributed by atoms with Crippen molar-refractivity contribution in [3.8, 4) is 0 Å². The number of hydrogen-bond acceptors (Lipinski definition) is 2. The van der Waals surface area contributed by atoms with Crippen molar-refractivity contribution in [2.75, 3.05) is 6.61 Å². The Morgan fingerprint density at radius 2 is 1.74 bits per heavy atom. The molecule has 1 rings (SSSR count). The van der Waals surface area contributed by atoms with Crippen molar-refractivity contribution in [1.29, 1.82) is 0 Å². The second kappa shape index (κ2) is 9.89. The lowest BCUT2D eigenvalue weighted by Gasteiger charge is -2.00. The second-order valence-corrected chi connectivity index (χ2v) is 4.01. The van der Waals surface area contributed by atoms with Crippen molar-refractivity contribution in [2.45, 2.75) is 19.3 Å². The van der Waals surface area contributed by atoms with E-state index in [9.17, 15) is 4.79 Å². The molecule has 0 atom stereocenters. The number of hydrogen-bond donors (Lipinski definition) is 0. The summed E-state index contributed by atoms with van der Waals surface area (Å²) in [5.74, 6) is -0.281. The molecule has 0 N–H and O–H groups in total. The molecule has 2 heteroatoms. The van der Waals surface area contributed by atoms with Crippen LogP contribution in [0.4, 0.5) is 0 Å². The van der Waals surface area contributed by atoms with E-state index in [4.69, 9.17) is 4.74 Å². The van der Waals surface area contributed by atoms with Gasteiger partial charge in [0.05, 0.1) is 5.56 Å². The van der Waals surface area contributed by atoms with Crippen molar-refractivity contribution in [2.24, 2.45) is 0 Å². The van der Waals surface area contributed by atoms with Crippen LogP contribution in [0.5, 0.6) is 0 Å². The van der Waals surface area contributed by atoms with E-state index in [1.807, 2.05) is 36.4 Å². The third kappa shape index (κ3) is 7.04. The monoisotopic (exact) mass is 256 g/mol. The molecule has 19 heavy (non-hydrogen) atoms. The Balaban J connectivity index is 2.13. The summed E-state index contributed by atoms with van der Waals surface area (Å²) in [6, 6.07) is 9.01. The predicted octanol–water partition coefficient (Wildman–Crippen LogP) is 4.31. The minimum Gasteiger partial charge on any atom is -0.458 e. The molecule has 2 nitrogen and oxygen atoms in total. The van der Waals surface area contributed by atoms with Gasteiger partial charge in [-0.3, -0.25) is 0 Å². The average molecular weight is 256 g/mol. The molecule has 0 amide bonds. The number of rotatable bonds is 8. The molecule has 0 aromatic heterocycles. The van der Waals surface area contributed by atoms with Gasteiger partial charge in [0.25, 0.3) is 0 Å². The lowest BCUT2D eigenvalue weighted by molar-refractivity contribution is 0.0549. The largest absolute Gasteiger partial charge is 0.458 e. The quantitative estimate of drug-likeness (QED) is 0.393. The standard InChI is InChI=1S/C17H20O2/c1-2-3-4-5-6-7-8-12-15-19-17(18)16-13-10-9-11-14-16/h2,4-5,8-14H,1,3,6-7,15H2/b5-4+,12-8+. The van der Waals surface area contributed by atoms with E-state index in [0.29, 0.717) is 12.2 Å². The molecular formula is C17H20O2. The Morgan fingerprint density at radius 3 is 2.42 bits per heavy atom. The summed E-state index contributed by atoms with van der Waals surface area (Å²) in [4.78, 5) is 11.6. The van der Waals surface area contributed by atoms with E-state index in [2.05, 4.69) is 18.7 Å². The molecule has 0 aliphatic heterocycles. The summed E-state index contributed by atoms with van der Waals surface area (Å²) in [6.45, 7) is 3.97. The smallest absolute Gasteiger partial charge is 0.338 e. The maximum absolute atomic E-state index is 11.6. The van der Waals surface area contributed by atoms with Crippen molar-refractivity contribution in [3.63, 3.8) is 0 Å². The Labute approximate surface area is 115 Å². The van der Waals surface area contributed by atoms with Gasteiger partial charge in [-0.25, -0.2) is 4.79 Å². The van der Waals surface area contributed by atoms with Crippen molar-refractivity contribution in [3.05, 3.63) is 72.9 Å². The molecular weight excluding hydrogens is 236 g/mol. The molecule has 0 heterocycles. The minimum absolute atomic E-state index is 0.281. The Bertz CT molecular complexity index is 430. The Kier molecular flexibility index (Phi) is 7.79. The van der Waals surface area contributed by atoms with Crippen molar-refractivity contribution >= 4 is 5.97 Å². The molecule has 0 bridgehead atoms. The van der Waals surface area contributed by atoms with Gasteiger partial charge in [0.1, 0.15) is 6.61 Å². The Hall–Kier alpha value is -2.09. The number of unbranched alkanes of at least 4 members (excludes halogenated alkanes) is 1. The zero-order chi connectivity index (χ0) is 13.8. The molecule has 0 unspecified atom stereocenters. The zero-order valence-corrected chi connectivity index (χ0v) is 11.1. The molecule has 0 saturated heterocycles. The topological polar surface area (TPSA) is 26.3 Å². The van der Waals surface area contributed by atoms with Crippen LogP contribution in [0, 0.1) is 0 Å². The van der Waals surface area contributed by atoms with Crippen LogP contribution in [0.25, 0.3) is 0 Å². The fraction of sp³-hybridized carbons (Fsp3) is 0.235. The number of allylic oxidation sites excluding steroid dienone is 4. The van der Waals surface area contributed by atoms with Gasteiger partial charge in [0.2, 0.25) is 0 Å². The summed E-state index contributed by atoms with van der Waals surface area (Å²) in [7, 11) is 0. The van der Waals surface area contributed by atoms with Gasteiger partial charge in [-0.1, -0.05) is 48.6 Å². The van der Waals surface area contributed by atoms with E-state index in [-0.39, 0.29) is 5.97 Å². The van der Waals surface area contributed by atoms with Gasteiger partial charge >= 0.3 is 5.97 Å². The van der Waals surface area contributed by atoms with Gasteiger partial charge in [0, 0.05) is 0 Å². The number of benzene rings is 1. The third-order valence-corrected chi connectivity index (χ3v) is 2.46. The number of carbonyl (C=O) groups is 1. The summed E-state index contributed by atoms with van der Waals surface area (Å²) in [5.41, 5.74) is 0.586. The van der Waals surface area contributed by atoms with Crippen LogP contribution in [0.3, 0.4) is 0 Å². The van der Waals surface area contributed by atoms with Gasteiger partial charge in [-0.15, -0.1) is 6.58 Å². The average Bonchev–Trinajstić information content (AvgIpc) is 2.46. The van der Waals surface area contributed by atoms with Gasteiger partial charge in [-0.05, 0) is 31.4 Å². The highest BCUT2D eigenvalue weighted by Crippen LogP contribution is 2.01. The Morgan fingerprint density at radius 1 is 1.05 bits per heavy atom. The van der Waals surface area contributed by atoms with E-state index in [1.54, 1.807) is 12.1 Å². The molecule has 0 aliphatic carbocycles. The van der Waals surface area contributed by atoms with Crippen molar-refractivity contribution in [1.82, 2.24) is 0 Å². The second-order valence-electron chi connectivity index (χ2n) is 4.01. The van der Waals surface area contributed by atoms with Gasteiger partial charge in [0.15, 0.2) is 0 Å². The summed E-state index contributed by atoms with van der Waals surface area (Å²) >= 11 is 0. The SMILES string of the molecule is C=CC/C=C/CC/C=C/COC(=O)c1ccccc1. The number of esters is 1. The normalized spacial score (nSPS) is 10.9. The highest BCUT2D eigenvalue weighted by molar-refractivity contribution is 5.89. The lowest BCUT2D eigenvalue weighted by Crippen LogP contribution is -2.04. The first-order valence-corrected chi connectivity index (χ1v) is 6.47. The van der Waals surface area contributed by atoms with Crippen LogP contribution < -0.4 is 0 Å². The molecule has 100 valence electrons. The predicted molar refractivity (Wildman–Crippen MR) is 79.1 cm³/mol. The van der Waals surface area contributed by atoms with Crippen LogP contribution in [0.15, 0.2) is 67.3 Å². The summed E-state index contributed by atoms with van der Waals surface area (Å²) < 4.78 is 5.12. The van der Waals surface area contributed by atoms with Crippen LogP contribution in [-0.4, -0.2) is 12.6 Å². The molecule has 0 aliphatic rings. The molecule has 0 radical (unpaired) electrons. The van der Waals surface area contributed by atoms with Gasteiger partial charge in [-0.2, -0.15) is 0 Å². The number of ether oxygens (including phenoxy) is 1. The zero-order valence-electron chi connectivity index (χ0n) is 11.1. The number of carbonyl (C=O) groups excluding carboxylic acids is 1. The van der Waals surface area contributed by atoms with Crippen LogP contribution in [0.1, 0.15) is 29.6 Å². The van der Waals surface area contributed by atoms with E-state index < -0.39 is 0 Å². The van der Waals surface area contributed by atoms with Crippen LogP contribution >= 0.6 is 0 Å². The molecule has 0 fully saturated rings. The highest BCUT2D eigenvalue weighted by Gasteiger charge is 2.03. The first-order chi connectivity index (χ1) is 9.34. The first-order valence-electron chi connectivity index (χ1n) is 6.47. The third-order valence-electron chi connectivity index (χ3n) is 2.46. The summed E-state index contributed by atoms with van der Waals surface area (Å²) in [5, 5.41) is 0. The summed E-state index contributed by atoms with van der Waals surface area (Å²) in [6.07, 6.45) is 12.9. The first kappa shape index (κ1) is 15.0. The fourth-order valence-corrected chi connectivity index (χ4v) is 1.47. The maximum atomic E-state index is 11.6. The molecule has 1 aromatic rings. The van der Waals surface area contributed by atoms with E-state index in [0.717, 1.165) is 19.3 Å². The lowest BCUT2D eigenvalue weighted by atomic mass is 10.2. The fourth-order valence-electron chi connectivity index (χ4n) is 1.47. The van der Waals surface area contributed by atoms with E-state index in [1.165, 1.54) is 0 Å². The minimum atomic E-state index is -0.281. The molecule has 0 spiro atoms. The van der Waals surface area contributed by atoms with Crippen molar-refractivity contribution < 1.29 is 9.53 Å². The van der Waals surface area contributed by atoms with E-state index >= 15 is 0 Å². The van der Waals surface area contributed by atoms with Crippen LogP contribution in [-0.2, 0) is 4.74 Å². The van der Waals surface area contributed by atoms with Gasteiger partial charge < -0.3 is 4.74 Å². The molecule has 0 saturated carbocycles.